The first kappa shape index (κ1) is 51.0. The maximum absolute atomic E-state index is 2.73. The summed E-state index contributed by atoms with van der Waals surface area (Å²) in [4.78, 5) is 5.43. The third kappa shape index (κ3) is 8.37. The number of benzene rings is 11. The predicted molar refractivity (Wildman–Crippen MR) is 360 cm³/mol. The Morgan fingerprint density at radius 2 is 0.952 bits per heavy atom. The maximum atomic E-state index is 2.73. The minimum absolute atomic E-state index is 0.122. The van der Waals surface area contributed by atoms with E-state index in [0.717, 1.165) is 24.9 Å². The summed E-state index contributed by atoms with van der Waals surface area (Å²) in [7, 11) is 0. The van der Waals surface area contributed by atoms with E-state index in [2.05, 4.69) is 299 Å². The van der Waals surface area contributed by atoms with Crippen molar-refractivity contribution in [2.45, 2.75) is 78.6 Å². The van der Waals surface area contributed by atoms with Crippen molar-refractivity contribution in [3.8, 4) is 39.1 Å². The van der Waals surface area contributed by atoms with Crippen molar-refractivity contribution in [2.75, 3.05) is 9.80 Å². The molecule has 0 spiro atoms. The normalized spacial score (nSPS) is 13.1. The van der Waals surface area contributed by atoms with E-state index in [1.807, 2.05) is 11.3 Å². The van der Waals surface area contributed by atoms with Crippen molar-refractivity contribution in [1.82, 2.24) is 4.57 Å². The van der Waals surface area contributed by atoms with Crippen LogP contribution >= 0.6 is 11.3 Å². The Morgan fingerprint density at radius 1 is 0.398 bits per heavy atom. The monoisotopic (exact) mass is 1090 g/mol. The third-order valence-corrected chi connectivity index (χ3v) is 19.0. The molecule has 0 atom stereocenters. The van der Waals surface area contributed by atoms with Gasteiger partial charge in [0.25, 0.3) is 6.71 Å². The second-order valence-electron chi connectivity index (χ2n) is 25.1. The minimum Gasteiger partial charge on any atom is -0.311 e. The van der Waals surface area contributed by atoms with Crippen molar-refractivity contribution in [1.29, 1.82) is 0 Å². The molecule has 0 saturated heterocycles. The highest BCUT2D eigenvalue weighted by Gasteiger charge is 2.46. The number of hydrogen-bond acceptors (Lipinski definition) is 3. The third-order valence-electron chi connectivity index (χ3n) is 17.9. The van der Waals surface area contributed by atoms with Gasteiger partial charge < -0.3 is 14.4 Å². The van der Waals surface area contributed by atoms with E-state index >= 15 is 0 Å². The molecule has 5 heteroatoms. The molecular formula is C78H66BN3S. The quantitative estimate of drug-likeness (QED) is 0.133. The number of para-hydroxylation sites is 2. The molecule has 0 amide bonds. The number of rotatable bonds is 9. The molecule has 0 bridgehead atoms. The zero-order chi connectivity index (χ0) is 56.3. The fraction of sp³-hybridized carbons (Fsp3) is 0.154. The summed E-state index contributed by atoms with van der Waals surface area (Å²) < 4.78 is 5.14. The molecule has 2 aliphatic heterocycles. The average Bonchev–Trinajstić information content (AvgIpc) is 1.37. The molecule has 3 nitrogen and oxygen atoms in total. The first-order chi connectivity index (χ1) is 40.4. The van der Waals surface area contributed by atoms with Crippen LogP contribution < -0.4 is 26.2 Å². The topological polar surface area (TPSA) is 11.4 Å². The molecule has 0 unspecified atom stereocenters. The summed E-state index contributed by atoms with van der Waals surface area (Å²) in [6.07, 6.45) is 3.15. The van der Waals surface area contributed by atoms with Crippen molar-refractivity contribution in [2.24, 2.45) is 0 Å². The van der Waals surface area contributed by atoms with Crippen molar-refractivity contribution >= 4 is 111 Å². The summed E-state index contributed by atoms with van der Waals surface area (Å²) in [6.45, 7) is 16.4. The molecule has 0 radical (unpaired) electrons. The van der Waals surface area contributed by atoms with Gasteiger partial charge in [-0.1, -0.05) is 219 Å². The van der Waals surface area contributed by atoms with Crippen molar-refractivity contribution in [3.05, 3.63) is 253 Å². The number of unbranched alkanes of at least 4 members (excludes halogenated alkanes) is 1. The van der Waals surface area contributed by atoms with E-state index in [0.29, 0.717) is 0 Å². The lowest BCUT2D eigenvalue weighted by atomic mass is 9.33. The van der Waals surface area contributed by atoms with E-state index in [1.54, 1.807) is 0 Å². The van der Waals surface area contributed by atoms with E-state index in [4.69, 9.17) is 0 Å². The number of anilines is 6. The molecule has 0 fully saturated rings. The molecular weight excluding hydrogens is 1020 g/mol. The van der Waals surface area contributed by atoms with Crippen LogP contribution in [-0.2, 0) is 17.3 Å². The van der Waals surface area contributed by atoms with Gasteiger partial charge in [0.1, 0.15) is 0 Å². The molecule has 2 aromatic heterocycles. The van der Waals surface area contributed by atoms with Crippen LogP contribution in [0.1, 0.15) is 78.0 Å². The zero-order valence-electron chi connectivity index (χ0n) is 48.5. The van der Waals surface area contributed by atoms with Crippen LogP contribution in [0, 0.1) is 0 Å². The van der Waals surface area contributed by atoms with Crippen molar-refractivity contribution < 1.29 is 0 Å². The molecule has 2 aliphatic rings. The maximum Gasteiger partial charge on any atom is 0.252 e. The van der Waals surface area contributed by atoms with Crippen LogP contribution in [-0.4, -0.2) is 11.3 Å². The van der Waals surface area contributed by atoms with Gasteiger partial charge in [-0.05, 0) is 152 Å². The lowest BCUT2D eigenvalue weighted by Gasteiger charge is -2.46. The van der Waals surface area contributed by atoms with Gasteiger partial charge in [-0.15, -0.1) is 11.3 Å². The molecule has 0 saturated carbocycles. The SMILES string of the molecule is CCCCc1cc2c(cc1N1c3cc(-n4c5ccccc5c5ccccc54)ccc3B3c4cc(-c5ccccc5)ccc4N(c4c(-c5ccccc5)cc(C(C)(C)C)cc4-c4ccccc4)c4cc(C(C)(C)C)cc1c43)sc1ccccc12. The van der Waals surface area contributed by atoms with Crippen LogP contribution in [0.3, 0.4) is 0 Å². The van der Waals surface area contributed by atoms with E-state index in [-0.39, 0.29) is 17.5 Å². The smallest absolute Gasteiger partial charge is 0.252 e. The summed E-state index contributed by atoms with van der Waals surface area (Å²) >= 11 is 1.92. The summed E-state index contributed by atoms with van der Waals surface area (Å²) in [5.41, 5.74) is 25.6. The summed E-state index contributed by atoms with van der Waals surface area (Å²) in [5, 5.41) is 5.19. The molecule has 0 aliphatic carbocycles. The molecule has 0 N–H and O–H groups in total. The largest absolute Gasteiger partial charge is 0.311 e. The van der Waals surface area contributed by atoms with E-state index in [9.17, 15) is 0 Å². The number of fused-ring (bicyclic) bond motifs is 10. The highest BCUT2D eigenvalue weighted by atomic mass is 32.1. The molecule has 83 heavy (non-hydrogen) atoms. The van der Waals surface area contributed by atoms with Crippen molar-refractivity contribution in [3.63, 3.8) is 0 Å². The van der Waals surface area contributed by atoms with Gasteiger partial charge in [-0.3, -0.25) is 0 Å². The Kier molecular flexibility index (Phi) is 12.1. The van der Waals surface area contributed by atoms with Crippen LogP contribution in [0.2, 0.25) is 0 Å². The second-order valence-corrected chi connectivity index (χ2v) is 26.2. The van der Waals surface area contributed by atoms with Gasteiger partial charge in [0, 0.05) is 70.5 Å². The predicted octanol–water partition coefficient (Wildman–Crippen LogP) is 20.2. The zero-order valence-corrected chi connectivity index (χ0v) is 49.3. The molecule has 4 heterocycles. The molecule has 402 valence electrons. The number of aromatic nitrogens is 1. The lowest BCUT2D eigenvalue weighted by molar-refractivity contribution is 0.590. The van der Waals surface area contributed by atoms with Crippen LogP contribution in [0.25, 0.3) is 81.0 Å². The number of nitrogens with zero attached hydrogens (tertiary/aromatic N) is 3. The standard InChI is InChI=1S/C78H66BN3S/c1-8-9-25-54-42-63-60-34-21-24-37-73(60)83-74(63)49-69(54)81-70-48-57(80-66-35-22-19-32-58(66)59-33-20-23-36-67(59)80)39-40-64(70)79-65-43-53(50-26-13-10-14-27-50)38-41-68(65)82(72-47-56(78(5,6)7)46-71(81)75(72)79)76-61(51-28-15-11-16-29-51)44-55(77(2,3)4)45-62(76)52-30-17-12-18-31-52/h10-24,26-49H,8-9,25H2,1-7H3. The highest BCUT2D eigenvalue weighted by Crippen LogP contribution is 2.54. The Morgan fingerprint density at radius 3 is 1.57 bits per heavy atom. The average molecular weight is 1090 g/mol. The first-order valence-electron chi connectivity index (χ1n) is 29.8. The van der Waals surface area contributed by atoms with Crippen LogP contribution in [0.5, 0.6) is 0 Å². The summed E-state index contributed by atoms with van der Waals surface area (Å²) in [5.74, 6) is 0. The summed E-state index contributed by atoms with van der Waals surface area (Å²) in [6, 6.07) is 90.3. The Hall–Kier alpha value is -8.90. The Bertz CT molecular complexity index is 4580. The van der Waals surface area contributed by atoms with Gasteiger partial charge in [-0.25, -0.2) is 0 Å². The molecule has 15 rings (SSSR count). The lowest BCUT2D eigenvalue weighted by Crippen LogP contribution is -2.61. The van der Waals surface area contributed by atoms with Crippen LogP contribution in [0.15, 0.2) is 237 Å². The first-order valence-corrected chi connectivity index (χ1v) is 30.6. The Balaban J connectivity index is 1.11. The van der Waals surface area contributed by atoms with Gasteiger partial charge in [0.15, 0.2) is 0 Å². The second kappa shape index (κ2) is 19.6. The van der Waals surface area contributed by atoms with Gasteiger partial charge in [-0.2, -0.15) is 0 Å². The fourth-order valence-electron chi connectivity index (χ4n) is 13.6. The number of hydrogen-bond donors (Lipinski definition) is 0. The number of aryl methyl sites for hydroxylation is 1. The van der Waals surface area contributed by atoms with Gasteiger partial charge >= 0.3 is 0 Å². The van der Waals surface area contributed by atoms with Gasteiger partial charge in [0.05, 0.1) is 22.4 Å². The molecule has 11 aromatic carbocycles. The highest BCUT2D eigenvalue weighted by molar-refractivity contribution is 7.25. The van der Waals surface area contributed by atoms with E-state index in [1.165, 1.54) is 143 Å². The van der Waals surface area contributed by atoms with E-state index < -0.39 is 0 Å². The Labute approximate surface area is 492 Å². The fourth-order valence-corrected chi connectivity index (χ4v) is 14.8. The van der Waals surface area contributed by atoms with Gasteiger partial charge in [0.2, 0.25) is 0 Å². The van der Waals surface area contributed by atoms with Crippen LogP contribution in [0.4, 0.5) is 34.1 Å². The number of thiophene rings is 1. The molecule has 13 aromatic rings. The minimum atomic E-state index is -0.220.